The van der Waals surface area contributed by atoms with Crippen molar-refractivity contribution in [1.29, 1.82) is 0 Å². The van der Waals surface area contributed by atoms with Crippen LogP contribution in [0.25, 0.3) is 10.9 Å². The summed E-state index contributed by atoms with van der Waals surface area (Å²) < 4.78 is 65.5. The van der Waals surface area contributed by atoms with Crippen molar-refractivity contribution in [2.75, 3.05) is 27.6 Å². The zero-order valence-corrected chi connectivity index (χ0v) is 8.87. The highest BCUT2D eigenvalue weighted by Crippen LogP contribution is 2.23. The number of aromatic nitrogens is 1. The predicted octanol–water partition coefficient (Wildman–Crippen LogP) is 2.28. The zero-order valence-electron chi connectivity index (χ0n) is 16.9. The molecular formula is C13H18N2O. The van der Waals surface area contributed by atoms with Crippen LogP contribution in [-0.2, 0) is 6.42 Å². The average Bonchev–Trinajstić information content (AvgIpc) is 2.76. The van der Waals surface area contributed by atoms with E-state index < -0.39 is 26.9 Å². The fourth-order valence-electron chi connectivity index (χ4n) is 1.60. The maximum Gasteiger partial charge on any atom is 0.120 e. The van der Waals surface area contributed by atoms with Gasteiger partial charge in [-0.1, -0.05) is 0 Å². The van der Waals surface area contributed by atoms with Gasteiger partial charge >= 0.3 is 0 Å². The number of rotatable bonds is 4. The van der Waals surface area contributed by atoms with Gasteiger partial charge in [-0.15, -0.1) is 0 Å². The van der Waals surface area contributed by atoms with E-state index in [0.29, 0.717) is 22.2 Å². The molecule has 2 rings (SSSR count). The molecule has 0 radical (unpaired) electrons. The molecule has 0 spiro atoms. The van der Waals surface area contributed by atoms with Crippen molar-refractivity contribution >= 4 is 10.9 Å². The van der Waals surface area contributed by atoms with Gasteiger partial charge in [0.15, 0.2) is 0 Å². The fraction of sp³-hybridized carbons (Fsp3) is 0.385. The molecule has 3 heteroatoms. The third kappa shape index (κ3) is 2.19. The molecule has 3 nitrogen and oxygen atoms in total. The van der Waals surface area contributed by atoms with Crippen molar-refractivity contribution in [1.82, 2.24) is 9.88 Å². The number of likely N-dealkylation sites (N-methyl/N-ethyl adjacent to an activating group) is 1. The molecule has 2 aromatic rings. The highest BCUT2D eigenvalue weighted by molar-refractivity contribution is 5.84. The molecule has 0 saturated heterocycles. The third-order valence-electron chi connectivity index (χ3n) is 2.40. The summed E-state index contributed by atoms with van der Waals surface area (Å²) in [6.07, 6.45) is 1.15. The summed E-state index contributed by atoms with van der Waals surface area (Å²) in [5.41, 5.74) is 1.17. The van der Waals surface area contributed by atoms with Crippen molar-refractivity contribution in [2.45, 2.75) is 6.42 Å². The molecule has 0 aliphatic carbocycles. The number of nitrogens with one attached hydrogen (secondary N) is 1. The van der Waals surface area contributed by atoms with Gasteiger partial charge < -0.3 is 14.6 Å². The Kier molecular flexibility index (Phi) is 1.37. The number of methoxy groups -OCH3 is 1. The maximum atomic E-state index is 8.06. The Morgan fingerprint density at radius 3 is 3.12 bits per heavy atom. The number of benzene rings is 1. The highest BCUT2D eigenvalue weighted by Gasteiger charge is 2.04. The van der Waals surface area contributed by atoms with Crippen LogP contribution in [0, 0.1) is 0 Å². The van der Waals surface area contributed by atoms with Crippen LogP contribution in [0.2, 0.25) is 0 Å². The maximum absolute atomic E-state index is 8.06. The van der Waals surface area contributed by atoms with E-state index in [1.165, 1.54) is 7.11 Å². The first kappa shape index (κ1) is 4.80. The van der Waals surface area contributed by atoms with Crippen LogP contribution in [0.5, 0.6) is 5.75 Å². The lowest BCUT2D eigenvalue weighted by Gasteiger charge is -2.08. The molecule has 86 valence electrons. The quantitative estimate of drug-likeness (QED) is 0.866. The molecule has 0 saturated carbocycles. The fourth-order valence-corrected chi connectivity index (χ4v) is 1.60. The van der Waals surface area contributed by atoms with Gasteiger partial charge in [0.25, 0.3) is 0 Å². The van der Waals surface area contributed by atoms with Gasteiger partial charge in [0.2, 0.25) is 0 Å². The first-order chi connectivity index (χ1) is 10.9. The van der Waals surface area contributed by atoms with Gasteiger partial charge in [-0.05, 0) is 38.1 Å². The number of H-pyrrole nitrogens is 1. The standard InChI is InChI=1S/C13H18N2O/c1-15(2)7-6-10-9-14-13-8-11(16-3)4-5-12(10)13/h4-5,8-9,14H,6-7H2,1-3H3/i1D3,2D3,7D2. The van der Waals surface area contributed by atoms with Crippen molar-refractivity contribution in [3.8, 4) is 5.75 Å². The zero-order chi connectivity index (χ0) is 18.3. The van der Waals surface area contributed by atoms with E-state index in [0.717, 1.165) is 0 Å². The number of nitrogens with zero attached hydrogens (tertiary/aromatic N) is 1. The van der Waals surface area contributed by atoms with Gasteiger partial charge in [0.05, 0.1) is 7.11 Å². The Bertz CT molecular complexity index is 705. The summed E-state index contributed by atoms with van der Waals surface area (Å²) >= 11 is 0. The van der Waals surface area contributed by atoms with Gasteiger partial charge in [-0.25, -0.2) is 0 Å². The van der Waals surface area contributed by atoms with Crippen molar-refractivity contribution in [3.05, 3.63) is 30.0 Å². The minimum absolute atomic E-state index is 0.0324. The van der Waals surface area contributed by atoms with E-state index in [1.54, 1.807) is 24.4 Å². The second kappa shape index (κ2) is 4.58. The third-order valence-corrected chi connectivity index (χ3v) is 2.40. The second-order valence-corrected chi connectivity index (χ2v) is 3.40. The van der Waals surface area contributed by atoms with E-state index in [1.807, 2.05) is 0 Å². The topological polar surface area (TPSA) is 28.3 Å². The molecule has 0 aliphatic rings. The number of fused-ring (bicyclic) bond motifs is 1. The number of hydrogen-bond acceptors (Lipinski definition) is 2. The Morgan fingerprint density at radius 2 is 2.38 bits per heavy atom. The van der Waals surface area contributed by atoms with Crippen LogP contribution in [0.3, 0.4) is 0 Å². The average molecular weight is 226 g/mol. The van der Waals surface area contributed by atoms with E-state index in [9.17, 15) is 0 Å². The predicted molar refractivity (Wildman–Crippen MR) is 67.1 cm³/mol. The SMILES string of the molecule is [2H]C([2H])([2H])N(C([2H])([2H])[2H])C([2H])([2H])Cc1c[nH]c2cc(OC)ccc12. The summed E-state index contributed by atoms with van der Waals surface area (Å²) in [4.78, 5) is 2.92. The van der Waals surface area contributed by atoms with Crippen LogP contribution in [0.1, 0.15) is 16.5 Å². The van der Waals surface area contributed by atoms with Crippen LogP contribution in [0.15, 0.2) is 24.4 Å². The van der Waals surface area contributed by atoms with Gasteiger partial charge in [-0.2, -0.15) is 0 Å². The van der Waals surface area contributed by atoms with Crippen molar-refractivity contribution < 1.29 is 15.7 Å². The Labute approximate surface area is 107 Å². The molecule has 1 aromatic carbocycles. The number of aryl methyl sites for hydroxylation is 1. The normalized spacial score (nSPS) is 21.1. The van der Waals surface area contributed by atoms with Gasteiger partial charge in [-0.3, -0.25) is 0 Å². The molecule has 0 atom stereocenters. The molecule has 1 N–H and O–H groups in total. The van der Waals surface area contributed by atoms with Crippen molar-refractivity contribution in [2.24, 2.45) is 0 Å². The largest absolute Gasteiger partial charge is 0.497 e. The number of ether oxygens (including phenoxy) is 1. The molecule has 0 aliphatic heterocycles. The van der Waals surface area contributed by atoms with E-state index in [-0.39, 0.29) is 4.90 Å². The Balaban J connectivity index is 2.41. The lowest BCUT2D eigenvalue weighted by atomic mass is 10.1. The highest BCUT2D eigenvalue weighted by atomic mass is 16.5. The number of hydrogen-bond donors (Lipinski definition) is 1. The smallest absolute Gasteiger partial charge is 0.120 e. The molecule has 0 unspecified atom stereocenters. The molecule has 1 aromatic heterocycles. The Hall–Kier alpha value is -1.48. The lowest BCUT2D eigenvalue weighted by molar-refractivity contribution is 0.414. The Morgan fingerprint density at radius 1 is 1.50 bits per heavy atom. The summed E-state index contributed by atoms with van der Waals surface area (Å²) in [5, 5.41) is 0.677. The monoisotopic (exact) mass is 226 g/mol. The molecule has 0 amide bonds. The van der Waals surface area contributed by atoms with Crippen LogP contribution < -0.4 is 4.74 Å². The molecular weight excluding hydrogens is 200 g/mol. The minimum atomic E-state index is -3.09. The molecule has 0 bridgehead atoms. The first-order valence-corrected chi connectivity index (χ1v) is 4.81. The summed E-state index contributed by atoms with van der Waals surface area (Å²) in [6.45, 7) is -8.78. The van der Waals surface area contributed by atoms with E-state index >= 15 is 0 Å². The minimum Gasteiger partial charge on any atom is -0.497 e. The molecule has 1 heterocycles. The summed E-state index contributed by atoms with van der Waals surface area (Å²) in [6, 6.07) is 5.13. The van der Waals surface area contributed by atoms with Crippen molar-refractivity contribution in [3.63, 3.8) is 0 Å². The summed E-state index contributed by atoms with van der Waals surface area (Å²) in [7, 11) is 1.52. The van der Waals surface area contributed by atoms with Gasteiger partial charge in [0.1, 0.15) is 5.75 Å². The second-order valence-electron chi connectivity index (χ2n) is 3.40. The van der Waals surface area contributed by atoms with Crippen LogP contribution in [-0.4, -0.2) is 37.4 Å². The lowest BCUT2D eigenvalue weighted by Crippen LogP contribution is -2.14. The molecule has 0 fully saturated rings. The molecule has 16 heavy (non-hydrogen) atoms. The van der Waals surface area contributed by atoms with E-state index in [4.69, 9.17) is 15.7 Å². The summed E-state index contributed by atoms with van der Waals surface area (Å²) in [5.74, 6) is 0.616. The van der Waals surface area contributed by atoms with E-state index in [2.05, 4.69) is 4.98 Å². The first-order valence-electron chi connectivity index (χ1n) is 8.81. The van der Waals surface area contributed by atoms with Crippen LogP contribution in [0.4, 0.5) is 0 Å². The number of aromatic amines is 1. The van der Waals surface area contributed by atoms with Crippen LogP contribution >= 0.6 is 0 Å². The van der Waals surface area contributed by atoms with Gasteiger partial charge in [0, 0.05) is 40.6 Å².